The summed E-state index contributed by atoms with van der Waals surface area (Å²) in [5.41, 5.74) is -0.829. The maximum absolute atomic E-state index is 11.5. The van der Waals surface area contributed by atoms with E-state index in [1.165, 1.54) is 25.7 Å². The highest BCUT2D eigenvalue weighted by Crippen LogP contribution is 2.27. The molecule has 0 aromatic rings. The normalized spacial score (nSPS) is 26.8. The van der Waals surface area contributed by atoms with E-state index in [-0.39, 0.29) is 6.04 Å². The highest BCUT2D eigenvalue weighted by Gasteiger charge is 2.34. The lowest BCUT2D eigenvalue weighted by molar-refractivity contribution is -0.145. The van der Waals surface area contributed by atoms with Gasteiger partial charge < -0.3 is 10.0 Å². The molecule has 1 saturated carbocycles. The monoisotopic (exact) mass is 284 g/mol. The number of nitrogens with zero attached hydrogens (tertiary/aromatic N) is 1. The van der Waals surface area contributed by atoms with Gasteiger partial charge in [-0.2, -0.15) is 0 Å². The molecule has 20 heavy (non-hydrogen) atoms. The fraction of sp³-hybridized carbons (Fsp3) is 0.938. The van der Waals surface area contributed by atoms with Crippen LogP contribution in [-0.4, -0.2) is 47.2 Å². The summed E-state index contributed by atoms with van der Waals surface area (Å²) in [6.07, 6.45) is 5.74. The molecule has 1 rings (SSSR count). The van der Waals surface area contributed by atoms with Crippen LogP contribution in [0.15, 0.2) is 0 Å². The second kappa shape index (κ2) is 7.41. The van der Waals surface area contributed by atoms with E-state index in [2.05, 4.69) is 24.2 Å². The van der Waals surface area contributed by atoms with Crippen LogP contribution in [0, 0.1) is 5.92 Å². The van der Waals surface area contributed by atoms with Gasteiger partial charge in [0.2, 0.25) is 0 Å². The van der Waals surface area contributed by atoms with Gasteiger partial charge in [-0.25, -0.2) is 0 Å². The number of hydrogen-bond donors (Lipinski definition) is 2. The molecule has 118 valence electrons. The van der Waals surface area contributed by atoms with E-state index >= 15 is 0 Å². The molecule has 0 spiro atoms. The number of hydrogen-bond acceptors (Lipinski definition) is 3. The third-order valence-electron chi connectivity index (χ3n) is 4.65. The van der Waals surface area contributed by atoms with Crippen LogP contribution < -0.4 is 5.32 Å². The molecule has 1 atom stereocenters. The highest BCUT2D eigenvalue weighted by atomic mass is 16.4. The van der Waals surface area contributed by atoms with Gasteiger partial charge in [-0.05, 0) is 65.8 Å². The Morgan fingerprint density at radius 1 is 1.35 bits per heavy atom. The van der Waals surface area contributed by atoms with Crippen molar-refractivity contribution in [1.29, 1.82) is 0 Å². The second-order valence-electron chi connectivity index (χ2n) is 7.08. The first-order chi connectivity index (χ1) is 9.24. The fourth-order valence-electron chi connectivity index (χ4n) is 3.14. The second-order valence-corrected chi connectivity index (χ2v) is 7.08. The van der Waals surface area contributed by atoms with Crippen LogP contribution in [0.5, 0.6) is 0 Å². The SMILES string of the molecule is CC1CCC(N(C)CCC(C)(NC(C)C)C(=O)O)CC1. The van der Waals surface area contributed by atoms with Crippen molar-refractivity contribution in [1.82, 2.24) is 10.2 Å². The van der Waals surface area contributed by atoms with Gasteiger partial charge >= 0.3 is 5.97 Å². The fourth-order valence-corrected chi connectivity index (χ4v) is 3.14. The Hall–Kier alpha value is -0.610. The van der Waals surface area contributed by atoms with Crippen LogP contribution in [-0.2, 0) is 4.79 Å². The van der Waals surface area contributed by atoms with Crippen LogP contribution in [0.1, 0.15) is 59.8 Å². The van der Waals surface area contributed by atoms with Crippen molar-refractivity contribution in [3.63, 3.8) is 0 Å². The molecule has 0 heterocycles. The third kappa shape index (κ3) is 5.06. The molecule has 1 fully saturated rings. The summed E-state index contributed by atoms with van der Waals surface area (Å²) >= 11 is 0. The van der Waals surface area contributed by atoms with Gasteiger partial charge in [-0.15, -0.1) is 0 Å². The quantitative estimate of drug-likeness (QED) is 0.755. The minimum atomic E-state index is -0.829. The van der Waals surface area contributed by atoms with E-state index in [1.54, 1.807) is 6.92 Å². The molecular formula is C16H32N2O2. The minimum absolute atomic E-state index is 0.178. The maximum Gasteiger partial charge on any atom is 0.323 e. The van der Waals surface area contributed by atoms with E-state index in [0.717, 1.165) is 12.5 Å². The van der Waals surface area contributed by atoms with Crippen molar-refractivity contribution in [2.75, 3.05) is 13.6 Å². The predicted octanol–water partition coefficient (Wildman–Crippen LogP) is 2.73. The van der Waals surface area contributed by atoms with Gasteiger partial charge in [-0.3, -0.25) is 10.1 Å². The van der Waals surface area contributed by atoms with Crippen molar-refractivity contribution in [3.8, 4) is 0 Å². The van der Waals surface area contributed by atoms with Crippen LogP contribution in [0.25, 0.3) is 0 Å². The molecule has 0 bridgehead atoms. The Kier molecular flexibility index (Phi) is 6.46. The number of aliphatic carboxylic acids is 1. The Labute approximate surface area is 123 Å². The Morgan fingerprint density at radius 3 is 2.35 bits per heavy atom. The standard InChI is InChI=1S/C16H32N2O2/c1-12(2)17-16(4,15(19)20)10-11-18(5)14-8-6-13(3)7-9-14/h12-14,17H,6-11H2,1-5H3,(H,19,20). The molecule has 2 N–H and O–H groups in total. The summed E-state index contributed by atoms with van der Waals surface area (Å²) < 4.78 is 0. The molecule has 0 radical (unpaired) electrons. The van der Waals surface area contributed by atoms with E-state index in [1.807, 2.05) is 13.8 Å². The van der Waals surface area contributed by atoms with Crippen molar-refractivity contribution in [2.45, 2.75) is 77.4 Å². The van der Waals surface area contributed by atoms with Crippen molar-refractivity contribution < 1.29 is 9.90 Å². The smallest absolute Gasteiger partial charge is 0.323 e. The first-order valence-corrected chi connectivity index (χ1v) is 7.96. The van der Waals surface area contributed by atoms with Crippen LogP contribution >= 0.6 is 0 Å². The molecule has 0 aromatic heterocycles. The molecule has 0 aliphatic heterocycles. The lowest BCUT2D eigenvalue weighted by Gasteiger charge is -2.36. The largest absolute Gasteiger partial charge is 0.480 e. The molecule has 1 aliphatic carbocycles. The zero-order chi connectivity index (χ0) is 15.3. The molecule has 1 unspecified atom stereocenters. The minimum Gasteiger partial charge on any atom is -0.480 e. The maximum atomic E-state index is 11.5. The first kappa shape index (κ1) is 17.4. The zero-order valence-electron chi connectivity index (χ0n) is 13.8. The lowest BCUT2D eigenvalue weighted by Crippen LogP contribution is -2.54. The van der Waals surface area contributed by atoms with Gasteiger partial charge in [0.1, 0.15) is 5.54 Å². The van der Waals surface area contributed by atoms with Gasteiger partial charge in [0.15, 0.2) is 0 Å². The first-order valence-electron chi connectivity index (χ1n) is 7.96. The van der Waals surface area contributed by atoms with Gasteiger partial charge in [0, 0.05) is 18.6 Å². The Balaban J connectivity index is 2.48. The van der Waals surface area contributed by atoms with E-state index in [9.17, 15) is 9.90 Å². The zero-order valence-corrected chi connectivity index (χ0v) is 13.8. The average Bonchev–Trinajstić information content (AvgIpc) is 2.36. The number of carboxylic acids is 1. The summed E-state index contributed by atoms with van der Waals surface area (Å²) in [5, 5.41) is 12.7. The Bertz CT molecular complexity index is 312. The van der Waals surface area contributed by atoms with Crippen LogP contribution in [0.4, 0.5) is 0 Å². The number of rotatable bonds is 7. The van der Waals surface area contributed by atoms with E-state index in [0.29, 0.717) is 12.5 Å². The lowest BCUT2D eigenvalue weighted by atomic mass is 9.86. The van der Waals surface area contributed by atoms with Crippen molar-refractivity contribution >= 4 is 5.97 Å². The molecule has 4 nitrogen and oxygen atoms in total. The number of carboxylic acid groups (broad SMARTS) is 1. The third-order valence-corrected chi connectivity index (χ3v) is 4.65. The van der Waals surface area contributed by atoms with Gasteiger partial charge in [0.05, 0.1) is 0 Å². The topological polar surface area (TPSA) is 52.6 Å². The van der Waals surface area contributed by atoms with Crippen LogP contribution in [0.3, 0.4) is 0 Å². The molecule has 0 saturated heterocycles. The molecule has 1 aliphatic rings. The average molecular weight is 284 g/mol. The summed E-state index contributed by atoms with van der Waals surface area (Å²) in [7, 11) is 2.14. The van der Waals surface area contributed by atoms with Gasteiger partial charge in [-0.1, -0.05) is 6.92 Å². The Morgan fingerprint density at radius 2 is 1.90 bits per heavy atom. The number of nitrogens with one attached hydrogen (secondary N) is 1. The molecule has 4 heteroatoms. The van der Waals surface area contributed by atoms with Crippen molar-refractivity contribution in [3.05, 3.63) is 0 Å². The summed E-state index contributed by atoms with van der Waals surface area (Å²) in [6.45, 7) is 8.94. The van der Waals surface area contributed by atoms with E-state index < -0.39 is 11.5 Å². The summed E-state index contributed by atoms with van der Waals surface area (Å²) in [6, 6.07) is 0.806. The highest BCUT2D eigenvalue weighted by molar-refractivity contribution is 5.78. The molecule has 0 aromatic carbocycles. The van der Waals surface area contributed by atoms with E-state index in [4.69, 9.17) is 0 Å². The number of carbonyl (C=O) groups is 1. The summed E-state index contributed by atoms with van der Waals surface area (Å²) in [4.78, 5) is 13.9. The predicted molar refractivity (Wildman–Crippen MR) is 83.0 cm³/mol. The molecular weight excluding hydrogens is 252 g/mol. The molecule has 0 amide bonds. The van der Waals surface area contributed by atoms with Crippen molar-refractivity contribution in [2.24, 2.45) is 5.92 Å². The van der Waals surface area contributed by atoms with Crippen LogP contribution in [0.2, 0.25) is 0 Å². The summed E-state index contributed by atoms with van der Waals surface area (Å²) in [5.74, 6) is 0.100. The van der Waals surface area contributed by atoms with Gasteiger partial charge in [0.25, 0.3) is 0 Å².